The van der Waals surface area contributed by atoms with Crippen LogP contribution >= 0.6 is 11.8 Å². The van der Waals surface area contributed by atoms with Gasteiger partial charge in [0.25, 0.3) is 0 Å². The Labute approximate surface area is 109 Å². The molecule has 0 spiro atoms. The van der Waals surface area contributed by atoms with Gasteiger partial charge < -0.3 is 4.74 Å². The number of thioether (sulfide) groups is 1. The second-order valence-electron chi connectivity index (χ2n) is 6.42. The average molecular weight is 259 g/mol. The molecule has 1 amide bonds. The summed E-state index contributed by atoms with van der Waals surface area (Å²) in [5.74, 6) is 1.45. The monoisotopic (exact) mass is 259 g/mol. The van der Waals surface area contributed by atoms with Crippen molar-refractivity contribution in [1.82, 2.24) is 4.90 Å². The molecule has 1 aliphatic rings. The van der Waals surface area contributed by atoms with E-state index in [1.54, 1.807) is 0 Å². The summed E-state index contributed by atoms with van der Waals surface area (Å²) in [7, 11) is 0. The molecule has 1 atom stereocenters. The fourth-order valence-electron chi connectivity index (χ4n) is 1.99. The molecule has 17 heavy (non-hydrogen) atoms. The Morgan fingerprint density at radius 3 is 2.35 bits per heavy atom. The largest absolute Gasteiger partial charge is 0.444 e. The molecule has 1 aliphatic heterocycles. The molecule has 0 radical (unpaired) electrons. The Morgan fingerprint density at radius 2 is 1.94 bits per heavy atom. The zero-order valence-electron chi connectivity index (χ0n) is 12.0. The number of carbonyl (C=O) groups is 1. The van der Waals surface area contributed by atoms with Crippen LogP contribution < -0.4 is 0 Å². The number of carbonyl (C=O) groups excluding carboxylic acids is 1. The minimum Gasteiger partial charge on any atom is -0.444 e. The van der Waals surface area contributed by atoms with Crippen LogP contribution in [-0.4, -0.2) is 33.3 Å². The highest BCUT2D eigenvalue weighted by atomic mass is 32.2. The van der Waals surface area contributed by atoms with E-state index in [0.29, 0.717) is 5.92 Å². The quantitative estimate of drug-likeness (QED) is 0.718. The van der Waals surface area contributed by atoms with Gasteiger partial charge in [-0.2, -0.15) is 0 Å². The van der Waals surface area contributed by atoms with Crippen molar-refractivity contribution >= 4 is 17.9 Å². The van der Waals surface area contributed by atoms with Gasteiger partial charge in [0, 0.05) is 11.8 Å². The molecule has 1 fully saturated rings. The van der Waals surface area contributed by atoms with Gasteiger partial charge in [-0.25, -0.2) is 4.79 Å². The first kappa shape index (κ1) is 14.7. The van der Waals surface area contributed by atoms with Crippen LogP contribution in [0, 0.1) is 5.92 Å². The Morgan fingerprint density at radius 1 is 1.41 bits per heavy atom. The Hall–Kier alpha value is -0.380. The molecule has 0 aromatic carbocycles. The van der Waals surface area contributed by atoms with E-state index in [9.17, 15) is 4.79 Å². The third kappa shape index (κ3) is 3.54. The van der Waals surface area contributed by atoms with Crippen molar-refractivity contribution in [3.63, 3.8) is 0 Å². The Kier molecular flexibility index (Phi) is 4.07. The standard InChI is InChI=1S/C13H25NO2S/c1-9(2)10-8-17-13(6,7)14(10)11(15)16-12(3,4)5/h9-10H,8H2,1-7H3. The van der Waals surface area contributed by atoms with Crippen molar-refractivity contribution in [3.05, 3.63) is 0 Å². The van der Waals surface area contributed by atoms with Crippen molar-refractivity contribution in [2.45, 2.75) is 65.0 Å². The SMILES string of the molecule is CC(C)C1CSC(C)(C)N1C(=O)OC(C)(C)C. The normalized spacial score (nSPS) is 24.2. The predicted molar refractivity (Wildman–Crippen MR) is 73.2 cm³/mol. The van der Waals surface area contributed by atoms with Gasteiger partial charge in [0.1, 0.15) is 5.60 Å². The van der Waals surface area contributed by atoms with Crippen LogP contribution in [-0.2, 0) is 4.74 Å². The molecule has 4 heteroatoms. The van der Waals surface area contributed by atoms with Crippen LogP contribution in [0.15, 0.2) is 0 Å². The lowest BCUT2D eigenvalue weighted by atomic mass is 10.0. The molecule has 0 N–H and O–H groups in total. The maximum absolute atomic E-state index is 12.3. The number of hydrogen-bond acceptors (Lipinski definition) is 3. The van der Waals surface area contributed by atoms with E-state index in [4.69, 9.17) is 4.74 Å². The highest BCUT2D eigenvalue weighted by Crippen LogP contribution is 2.41. The topological polar surface area (TPSA) is 29.5 Å². The summed E-state index contributed by atoms with van der Waals surface area (Å²) < 4.78 is 5.51. The molecule has 1 rings (SSSR count). The average Bonchev–Trinajstić information content (AvgIpc) is 2.37. The lowest BCUT2D eigenvalue weighted by Crippen LogP contribution is -2.50. The van der Waals surface area contributed by atoms with E-state index >= 15 is 0 Å². The van der Waals surface area contributed by atoms with Gasteiger partial charge in [0.2, 0.25) is 0 Å². The first-order chi connectivity index (χ1) is 7.54. The molecule has 0 aromatic heterocycles. The van der Waals surface area contributed by atoms with Crippen molar-refractivity contribution in [2.75, 3.05) is 5.75 Å². The zero-order valence-corrected chi connectivity index (χ0v) is 12.9. The summed E-state index contributed by atoms with van der Waals surface area (Å²) in [6.45, 7) is 14.2. The summed E-state index contributed by atoms with van der Waals surface area (Å²) >= 11 is 1.82. The summed E-state index contributed by atoms with van der Waals surface area (Å²) in [6.07, 6.45) is -0.189. The predicted octanol–water partition coefficient (Wildman–Crippen LogP) is 3.73. The van der Waals surface area contributed by atoms with Gasteiger partial charge in [-0.1, -0.05) is 13.8 Å². The molecule has 1 unspecified atom stereocenters. The molecular weight excluding hydrogens is 234 g/mol. The Balaban J connectivity index is 2.87. The molecule has 0 aromatic rings. The van der Waals surface area contributed by atoms with E-state index in [-0.39, 0.29) is 17.0 Å². The van der Waals surface area contributed by atoms with Crippen molar-refractivity contribution < 1.29 is 9.53 Å². The number of ether oxygens (including phenoxy) is 1. The molecule has 3 nitrogen and oxygen atoms in total. The molecule has 0 aliphatic carbocycles. The van der Waals surface area contributed by atoms with Gasteiger partial charge in [-0.05, 0) is 40.5 Å². The van der Waals surface area contributed by atoms with Crippen molar-refractivity contribution in [3.8, 4) is 0 Å². The fourth-order valence-corrected chi connectivity index (χ4v) is 3.45. The summed E-state index contributed by atoms with van der Waals surface area (Å²) in [5, 5.41) is 0. The maximum Gasteiger partial charge on any atom is 0.411 e. The van der Waals surface area contributed by atoms with Crippen LogP contribution in [0.5, 0.6) is 0 Å². The van der Waals surface area contributed by atoms with E-state index in [2.05, 4.69) is 27.7 Å². The fraction of sp³-hybridized carbons (Fsp3) is 0.923. The van der Waals surface area contributed by atoms with Gasteiger partial charge >= 0.3 is 6.09 Å². The minimum absolute atomic E-state index is 0.169. The van der Waals surface area contributed by atoms with Crippen LogP contribution in [0.2, 0.25) is 0 Å². The number of amides is 1. The number of nitrogens with zero attached hydrogens (tertiary/aromatic N) is 1. The van der Waals surface area contributed by atoms with Crippen LogP contribution in [0.1, 0.15) is 48.5 Å². The molecule has 0 saturated carbocycles. The smallest absolute Gasteiger partial charge is 0.411 e. The Bertz CT molecular complexity index is 294. The van der Waals surface area contributed by atoms with Gasteiger partial charge in [-0.15, -0.1) is 11.8 Å². The van der Waals surface area contributed by atoms with Gasteiger partial charge in [0.15, 0.2) is 0 Å². The van der Waals surface area contributed by atoms with Gasteiger partial charge in [-0.3, -0.25) is 4.90 Å². The number of hydrogen-bond donors (Lipinski definition) is 0. The molecule has 100 valence electrons. The number of rotatable bonds is 1. The third-order valence-corrected chi connectivity index (χ3v) is 4.29. The van der Waals surface area contributed by atoms with Gasteiger partial charge in [0.05, 0.1) is 4.87 Å². The molecular formula is C13H25NO2S. The second-order valence-corrected chi connectivity index (χ2v) is 8.04. The first-order valence-electron chi connectivity index (χ1n) is 6.21. The third-order valence-electron chi connectivity index (χ3n) is 2.88. The summed E-state index contributed by atoms with van der Waals surface area (Å²) in [6, 6.07) is 0.268. The minimum atomic E-state index is -0.429. The zero-order chi connectivity index (χ0) is 13.4. The second kappa shape index (κ2) is 4.71. The highest BCUT2D eigenvalue weighted by molar-refractivity contribution is 8.00. The maximum atomic E-state index is 12.3. The van der Waals surface area contributed by atoms with E-state index in [1.807, 2.05) is 37.4 Å². The first-order valence-corrected chi connectivity index (χ1v) is 7.19. The van der Waals surface area contributed by atoms with Crippen LogP contribution in [0.3, 0.4) is 0 Å². The van der Waals surface area contributed by atoms with Crippen molar-refractivity contribution in [1.29, 1.82) is 0 Å². The van der Waals surface area contributed by atoms with E-state index in [0.717, 1.165) is 5.75 Å². The van der Waals surface area contributed by atoms with Crippen LogP contribution in [0.25, 0.3) is 0 Å². The lowest BCUT2D eigenvalue weighted by Gasteiger charge is -2.37. The molecule has 1 saturated heterocycles. The molecule has 1 heterocycles. The summed E-state index contributed by atoms with van der Waals surface area (Å²) in [4.78, 5) is 14.0. The van der Waals surface area contributed by atoms with Crippen LogP contribution in [0.4, 0.5) is 4.79 Å². The highest BCUT2D eigenvalue weighted by Gasteiger charge is 2.46. The molecule has 0 bridgehead atoms. The van der Waals surface area contributed by atoms with Crippen molar-refractivity contribution in [2.24, 2.45) is 5.92 Å². The van der Waals surface area contributed by atoms with E-state index < -0.39 is 5.60 Å². The van der Waals surface area contributed by atoms with E-state index in [1.165, 1.54) is 0 Å². The summed E-state index contributed by atoms with van der Waals surface area (Å²) in [5.41, 5.74) is -0.429. The lowest BCUT2D eigenvalue weighted by molar-refractivity contribution is 0.00509.